The van der Waals surface area contributed by atoms with Crippen LogP contribution in [0.4, 0.5) is 0 Å². The third-order valence-corrected chi connectivity index (χ3v) is 5.35. The first-order valence-corrected chi connectivity index (χ1v) is 12.3. The van der Waals surface area contributed by atoms with Gasteiger partial charge in [0.15, 0.2) is 0 Å². The summed E-state index contributed by atoms with van der Waals surface area (Å²) in [6, 6.07) is 0. The van der Waals surface area contributed by atoms with E-state index >= 15 is 0 Å². The molecule has 1 N–H and O–H groups in total. The average molecular weight is 439 g/mol. The Kier molecular flexibility index (Phi) is 18.0. The summed E-state index contributed by atoms with van der Waals surface area (Å²) in [7, 11) is -0.896. The molecule has 0 aromatic heterocycles. The number of unbranched alkanes of at least 4 members (excludes halogenated alkanes) is 9. The fourth-order valence-corrected chi connectivity index (χ4v) is 3.35. The molecule has 0 spiro atoms. The maximum Gasteiger partial charge on any atom is 0.305 e. The molecule has 0 aliphatic heterocycles. The van der Waals surface area contributed by atoms with E-state index in [1.165, 1.54) is 44.9 Å². The second kappa shape index (κ2) is 18.3. The molecule has 0 radical (unpaired) electrons. The highest BCUT2D eigenvalue weighted by Crippen LogP contribution is 2.37. The van der Waals surface area contributed by atoms with Crippen LogP contribution in [0.1, 0.15) is 77.6 Å². The fourth-order valence-electron chi connectivity index (χ4n) is 2.62. The SMILES string of the molecule is CCCCCCCCCCCCC(=O)OCC(O)COP(=O)([O-])OCCN(C)C. The van der Waals surface area contributed by atoms with E-state index in [1.807, 2.05) is 0 Å². The van der Waals surface area contributed by atoms with E-state index in [0.29, 0.717) is 13.0 Å². The first kappa shape index (κ1) is 28.5. The predicted molar refractivity (Wildman–Crippen MR) is 111 cm³/mol. The number of phosphoric ester groups is 1. The number of carbonyl (C=O) groups excluding carboxylic acids is 1. The Morgan fingerprint density at radius 2 is 1.52 bits per heavy atom. The number of nitrogens with zero attached hydrogens (tertiary/aromatic N) is 1. The first-order valence-electron chi connectivity index (χ1n) is 10.9. The van der Waals surface area contributed by atoms with Gasteiger partial charge in [-0.15, -0.1) is 0 Å². The van der Waals surface area contributed by atoms with Crippen molar-refractivity contribution in [2.45, 2.75) is 83.7 Å². The van der Waals surface area contributed by atoms with Crippen molar-refractivity contribution < 1.29 is 33.1 Å². The Morgan fingerprint density at radius 1 is 0.966 bits per heavy atom. The second-order valence-electron chi connectivity index (χ2n) is 7.65. The van der Waals surface area contributed by atoms with Gasteiger partial charge in [-0.3, -0.25) is 9.36 Å². The number of phosphoric acid groups is 1. The van der Waals surface area contributed by atoms with Gasteiger partial charge in [0.05, 0.1) is 13.2 Å². The van der Waals surface area contributed by atoms with Crippen LogP contribution in [0.3, 0.4) is 0 Å². The van der Waals surface area contributed by atoms with Crippen LogP contribution in [0.15, 0.2) is 0 Å². The molecule has 2 atom stereocenters. The van der Waals surface area contributed by atoms with Gasteiger partial charge in [0, 0.05) is 13.0 Å². The van der Waals surface area contributed by atoms with Crippen LogP contribution in [0.2, 0.25) is 0 Å². The summed E-state index contributed by atoms with van der Waals surface area (Å²) in [5, 5.41) is 9.70. The van der Waals surface area contributed by atoms with Crippen molar-refractivity contribution in [1.82, 2.24) is 4.90 Å². The molecule has 2 unspecified atom stereocenters. The molecule has 8 nitrogen and oxygen atoms in total. The molecule has 29 heavy (non-hydrogen) atoms. The van der Waals surface area contributed by atoms with E-state index in [4.69, 9.17) is 4.74 Å². The van der Waals surface area contributed by atoms with Gasteiger partial charge in [-0.05, 0) is 20.5 Å². The number of rotatable bonds is 20. The molecule has 0 rings (SSSR count). The molecule has 0 heterocycles. The van der Waals surface area contributed by atoms with Crippen molar-refractivity contribution in [3.8, 4) is 0 Å². The lowest BCUT2D eigenvalue weighted by atomic mass is 10.1. The Hall–Kier alpha value is -0.500. The summed E-state index contributed by atoms with van der Waals surface area (Å²) in [6.45, 7) is 1.81. The van der Waals surface area contributed by atoms with Gasteiger partial charge in [-0.2, -0.15) is 0 Å². The Labute approximate surface area is 176 Å². The summed E-state index contributed by atoms with van der Waals surface area (Å²) < 4.78 is 25.7. The quantitative estimate of drug-likeness (QED) is 0.175. The smallest absolute Gasteiger partial charge is 0.305 e. The number of aliphatic hydroxyl groups is 1. The lowest BCUT2D eigenvalue weighted by Crippen LogP contribution is -2.25. The van der Waals surface area contributed by atoms with Crippen LogP contribution in [-0.4, -0.2) is 62.5 Å². The van der Waals surface area contributed by atoms with E-state index in [-0.39, 0.29) is 13.2 Å². The van der Waals surface area contributed by atoms with Crippen molar-refractivity contribution in [2.24, 2.45) is 0 Å². The third kappa shape index (κ3) is 20.5. The van der Waals surface area contributed by atoms with Gasteiger partial charge >= 0.3 is 5.97 Å². The molecule has 0 bridgehead atoms. The minimum absolute atomic E-state index is 0.0300. The first-order chi connectivity index (χ1) is 13.8. The molecule has 0 aromatic carbocycles. The number of hydrogen-bond donors (Lipinski definition) is 1. The Bertz CT molecular complexity index is 449. The van der Waals surface area contributed by atoms with Gasteiger partial charge in [0.2, 0.25) is 0 Å². The van der Waals surface area contributed by atoms with E-state index in [9.17, 15) is 19.4 Å². The highest BCUT2D eigenvalue weighted by Gasteiger charge is 2.15. The highest BCUT2D eigenvalue weighted by atomic mass is 31.2. The van der Waals surface area contributed by atoms with Crippen LogP contribution in [0.5, 0.6) is 0 Å². The zero-order chi connectivity index (χ0) is 22.0. The summed E-state index contributed by atoms with van der Waals surface area (Å²) in [6.07, 6.45) is 10.9. The van der Waals surface area contributed by atoms with Crippen molar-refractivity contribution in [3.05, 3.63) is 0 Å². The number of aliphatic hydroxyl groups excluding tert-OH is 1. The fraction of sp³-hybridized carbons (Fsp3) is 0.950. The number of hydrogen-bond acceptors (Lipinski definition) is 8. The van der Waals surface area contributed by atoms with Crippen LogP contribution in [0.25, 0.3) is 0 Å². The molecule has 0 saturated carbocycles. The Balaban J connectivity index is 3.60. The van der Waals surface area contributed by atoms with Crippen molar-refractivity contribution in [1.29, 1.82) is 0 Å². The number of esters is 1. The number of carbonyl (C=O) groups is 1. The average Bonchev–Trinajstić information content (AvgIpc) is 2.65. The van der Waals surface area contributed by atoms with Gasteiger partial charge in [0.1, 0.15) is 12.7 Å². The van der Waals surface area contributed by atoms with Gasteiger partial charge in [0.25, 0.3) is 7.82 Å². The van der Waals surface area contributed by atoms with Crippen LogP contribution < -0.4 is 4.89 Å². The molecular formula is C20H41NO7P-. The van der Waals surface area contributed by atoms with Crippen molar-refractivity contribution >= 4 is 13.8 Å². The molecule has 0 amide bonds. The van der Waals surface area contributed by atoms with E-state index in [1.54, 1.807) is 19.0 Å². The molecule has 9 heteroatoms. The van der Waals surface area contributed by atoms with Crippen LogP contribution in [0, 0.1) is 0 Å². The van der Waals surface area contributed by atoms with Gasteiger partial charge < -0.3 is 28.7 Å². The molecule has 0 saturated heterocycles. The minimum atomic E-state index is -4.47. The molecule has 174 valence electrons. The largest absolute Gasteiger partial charge is 0.756 e. The van der Waals surface area contributed by atoms with E-state index < -0.39 is 26.5 Å². The van der Waals surface area contributed by atoms with Crippen molar-refractivity contribution in [2.75, 3.05) is 40.5 Å². The standard InChI is InChI=1S/C20H42NO7P/c1-4-5-6-7-8-9-10-11-12-13-14-20(23)26-17-19(22)18-28-29(24,25)27-16-15-21(2)3/h19,22H,4-18H2,1-3H3,(H,24,25)/p-1. The zero-order valence-electron chi connectivity index (χ0n) is 18.5. The van der Waals surface area contributed by atoms with E-state index in [0.717, 1.165) is 19.3 Å². The second-order valence-corrected chi connectivity index (χ2v) is 9.06. The number of likely N-dealkylation sites (N-methyl/N-ethyl adjacent to an activating group) is 1. The lowest BCUT2D eigenvalue weighted by Gasteiger charge is -2.24. The third-order valence-electron chi connectivity index (χ3n) is 4.38. The molecular weight excluding hydrogens is 397 g/mol. The molecule has 0 aromatic rings. The van der Waals surface area contributed by atoms with Crippen molar-refractivity contribution in [3.63, 3.8) is 0 Å². The predicted octanol–water partition coefficient (Wildman–Crippen LogP) is 3.26. The summed E-state index contributed by atoms with van der Waals surface area (Å²) >= 11 is 0. The topological polar surface area (TPSA) is 108 Å². The summed E-state index contributed by atoms with van der Waals surface area (Å²) in [5.74, 6) is -0.392. The maximum absolute atomic E-state index is 11.7. The van der Waals surface area contributed by atoms with Crippen LogP contribution in [-0.2, 0) is 23.1 Å². The molecule has 0 fully saturated rings. The molecule has 0 aliphatic carbocycles. The minimum Gasteiger partial charge on any atom is -0.756 e. The zero-order valence-corrected chi connectivity index (χ0v) is 19.4. The molecule has 0 aliphatic rings. The number of ether oxygens (including phenoxy) is 1. The van der Waals surface area contributed by atoms with E-state index in [2.05, 4.69) is 16.0 Å². The summed E-state index contributed by atoms with van der Waals surface area (Å²) in [4.78, 5) is 25.0. The van der Waals surface area contributed by atoms with Gasteiger partial charge in [-0.1, -0.05) is 64.7 Å². The monoisotopic (exact) mass is 438 g/mol. The summed E-state index contributed by atoms with van der Waals surface area (Å²) in [5.41, 5.74) is 0. The lowest BCUT2D eigenvalue weighted by molar-refractivity contribution is -0.227. The van der Waals surface area contributed by atoms with Gasteiger partial charge in [-0.25, -0.2) is 0 Å². The highest BCUT2D eigenvalue weighted by molar-refractivity contribution is 7.45. The van der Waals surface area contributed by atoms with Crippen LogP contribution >= 0.6 is 7.82 Å². The Morgan fingerprint density at radius 3 is 2.07 bits per heavy atom. The normalized spacial score (nSPS) is 14.7. The maximum atomic E-state index is 11.7.